The van der Waals surface area contributed by atoms with E-state index in [-0.39, 0.29) is 16.2 Å². The number of hydrogen-bond acceptors (Lipinski definition) is 6. The third kappa shape index (κ3) is 3.84. The van der Waals surface area contributed by atoms with Gasteiger partial charge in [-0.25, -0.2) is 4.79 Å². The van der Waals surface area contributed by atoms with E-state index in [4.69, 9.17) is 5.11 Å². The largest absolute Gasteiger partial charge is 0.478 e. The minimum Gasteiger partial charge on any atom is -0.478 e. The number of carbonyl (C=O) groups is 4. The standard InChI is InChI=1S/C17H12N2O5S2/c20-14(18-12-6-2-1-5-11(12)16(22)23)9-19-15(21)13(26-17(19)24)8-10-4-3-7-25-10/h1-8H,9H2,(H,18,20)(H,22,23). The maximum absolute atomic E-state index is 12.4. The number of nitrogens with zero attached hydrogens (tertiary/aromatic N) is 1. The molecule has 0 aliphatic carbocycles. The molecule has 3 amide bonds. The molecule has 0 saturated carbocycles. The van der Waals surface area contributed by atoms with Gasteiger partial charge in [0.25, 0.3) is 11.1 Å². The molecule has 1 aromatic carbocycles. The summed E-state index contributed by atoms with van der Waals surface area (Å²) >= 11 is 2.20. The quantitative estimate of drug-likeness (QED) is 0.763. The molecular weight excluding hydrogens is 376 g/mol. The highest BCUT2D eigenvalue weighted by Gasteiger charge is 2.36. The molecule has 1 aliphatic rings. The fourth-order valence-electron chi connectivity index (χ4n) is 2.25. The predicted octanol–water partition coefficient (Wildman–Crippen LogP) is 3.12. The van der Waals surface area contributed by atoms with E-state index in [0.717, 1.165) is 21.5 Å². The Morgan fingerprint density at radius 2 is 1.92 bits per heavy atom. The van der Waals surface area contributed by atoms with E-state index >= 15 is 0 Å². The Labute approximate surface area is 156 Å². The van der Waals surface area contributed by atoms with Crippen LogP contribution in [0.25, 0.3) is 6.08 Å². The lowest BCUT2D eigenvalue weighted by Crippen LogP contribution is -2.36. The Morgan fingerprint density at radius 1 is 1.15 bits per heavy atom. The molecule has 0 bridgehead atoms. The normalized spacial score (nSPS) is 15.5. The summed E-state index contributed by atoms with van der Waals surface area (Å²) in [5, 5.41) is 12.9. The fraction of sp³-hybridized carbons (Fsp3) is 0.0588. The summed E-state index contributed by atoms with van der Waals surface area (Å²) < 4.78 is 0. The first-order valence-corrected chi connectivity index (χ1v) is 9.06. The summed E-state index contributed by atoms with van der Waals surface area (Å²) in [5.41, 5.74) is 0.0266. The second-order valence-electron chi connectivity index (χ2n) is 5.18. The summed E-state index contributed by atoms with van der Waals surface area (Å²) in [5.74, 6) is -2.39. The Balaban J connectivity index is 1.71. The summed E-state index contributed by atoms with van der Waals surface area (Å²) in [6.45, 7) is -0.486. The molecule has 1 saturated heterocycles. The first kappa shape index (κ1) is 17.9. The fourth-order valence-corrected chi connectivity index (χ4v) is 3.81. The van der Waals surface area contributed by atoms with Crippen LogP contribution in [-0.2, 0) is 9.59 Å². The van der Waals surface area contributed by atoms with E-state index in [0.29, 0.717) is 0 Å². The number of carboxylic acids is 1. The number of anilines is 1. The Hall–Kier alpha value is -2.91. The molecule has 3 rings (SSSR count). The van der Waals surface area contributed by atoms with Gasteiger partial charge in [-0.1, -0.05) is 18.2 Å². The smallest absolute Gasteiger partial charge is 0.337 e. The van der Waals surface area contributed by atoms with Crippen molar-refractivity contribution in [2.24, 2.45) is 0 Å². The number of aromatic carboxylic acids is 1. The molecule has 7 nitrogen and oxygen atoms in total. The molecule has 132 valence electrons. The van der Waals surface area contributed by atoms with Crippen molar-refractivity contribution in [1.82, 2.24) is 4.90 Å². The zero-order valence-electron chi connectivity index (χ0n) is 13.2. The minimum atomic E-state index is -1.19. The number of para-hydroxylation sites is 1. The lowest BCUT2D eigenvalue weighted by atomic mass is 10.2. The van der Waals surface area contributed by atoms with Gasteiger partial charge in [-0.15, -0.1) is 11.3 Å². The Bertz CT molecular complexity index is 921. The monoisotopic (exact) mass is 388 g/mol. The van der Waals surface area contributed by atoms with Crippen LogP contribution < -0.4 is 5.32 Å². The van der Waals surface area contributed by atoms with Gasteiger partial charge in [0.15, 0.2) is 0 Å². The van der Waals surface area contributed by atoms with Crippen molar-refractivity contribution in [3.8, 4) is 0 Å². The van der Waals surface area contributed by atoms with Crippen LogP contribution >= 0.6 is 23.1 Å². The van der Waals surface area contributed by atoms with Crippen molar-refractivity contribution in [3.63, 3.8) is 0 Å². The second-order valence-corrected chi connectivity index (χ2v) is 7.15. The van der Waals surface area contributed by atoms with Gasteiger partial charge < -0.3 is 10.4 Å². The first-order chi connectivity index (χ1) is 12.5. The van der Waals surface area contributed by atoms with E-state index in [1.807, 2.05) is 17.5 Å². The number of amides is 3. The molecule has 0 radical (unpaired) electrons. The van der Waals surface area contributed by atoms with Gasteiger partial charge in [-0.3, -0.25) is 19.3 Å². The zero-order valence-corrected chi connectivity index (χ0v) is 14.8. The van der Waals surface area contributed by atoms with Gasteiger partial charge in [0.1, 0.15) is 6.54 Å². The summed E-state index contributed by atoms with van der Waals surface area (Å²) in [4.78, 5) is 49.7. The molecule has 2 aromatic rings. The molecule has 9 heteroatoms. The maximum atomic E-state index is 12.4. The van der Waals surface area contributed by atoms with Crippen molar-refractivity contribution >= 4 is 57.9 Å². The van der Waals surface area contributed by atoms with Crippen LogP contribution in [0.5, 0.6) is 0 Å². The molecule has 1 aromatic heterocycles. The number of thioether (sulfide) groups is 1. The molecule has 0 atom stereocenters. The Kier molecular flexibility index (Phi) is 5.19. The van der Waals surface area contributed by atoms with Crippen molar-refractivity contribution in [2.45, 2.75) is 0 Å². The molecule has 0 spiro atoms. The summed E-state index contributed by atoms with van der Waals surface area (Å²) in [6.07, 6.45) is 1.60. The third-order valence-electron chi connectivity index (χ3n) is 3.42. The molecule has 0 unspecified atom stereocenters. The average molecular weight is 388 g/mol. The van der Waals surface area contributed by atoms with Gasteiger partial charge in [0.2, 0.25) is 5.91 Å². The number of benzene rings is 1. The summed E-state index contributed by atoms with van der Waals surface area (Å²) in [6, 6.07) is 9.53. The van der Waals surface area contributed by atoms with E-state index in [2.05, 4.69) is 5.32 Å². The highest BCUT2D eigenvalue weighted by atomic mass is 32.2. The van der Waals surface area contributed by atoms with E-state index in [9.17, 15) is 19.2 Å². The van der Waals surface area contributed by atoms with Crippen LogP contribution in [0, 0.1) is 0 Å². The average Bonchev–Trinajstić information content (AvgIpc) is 3.19. The number of imide groups is 1. The molecule has 1 aliphatic heterocycles. The highest BCUT2D eigenvalue weighted by molar-refractivity contribution is 8.18. The summed E-state index contributed by atoms with van der Waals surface area (Å²) in [7, 11) is 0. The van der Waals surface area contributed by atoms with Gasteiger partial charge in [-0.2, -0.15) is 0 Å². The SMILES string of the molecule is O=C(CN1C(=O)SC(=Cc2cccs2)C1=O)Nc1ccccc1C(=O)O. The van der Waals surface area contributed by atoms with Gasteiger partial charge in [-0.05, 0) is 41.4 Å². The van der Waals surface area contributed by atoms with Crippen LogP contribution in [-0.4, -0.2) is 39.6 Å². The number of carboxylic acid groups (broad SMARTS) is 1. The first-order valence-electron chi connectivity index (χ1n) is 7.37. The predicted molar refractivity (Wildman–Crippen MR) is 99.0 cm³/mol. The van der Waals surface area contributed by atoms with Crippen molar-refractivity contribution < 1.29 is 24.3 Å². The number of thiophene rings is 1. The van der Waals surface area contributed by atoms with E-state index < -0.39 is 29.6 Å². The van der Waals surface area contributed by atoms with Crippen molar-refractivity contribution in [2.75, 3.05) is 11.9 Å². The van der Waals surface area contributed by atoms with Crippen LogP contribution in [0.3, 0.4) is 0 Å². The lowest BCUT2D eigenvalue weighted by molar-refractivity contribution is -0.127. The molecule has 1 fully saturated rings. The van der Waals surface area contributed by atoms with Crippen LogP contribution in [0.1, 0.15) is 15.2 Å². The van der Waals surface area contributed by atoms with Crippen molar-refractivity contribution in [3.05, 3.63) is 57.1 Å². The van der Waals surface area contributed by atoms with Crippen LogP contribution in [0.2, 0.25) is 0 Å². The van der Waals surface area contributed by atoms with Crippen LogP contribution in [0.15, 0.2) is 46.7 Å². The van der Waals surface area contributed by atoms with Crippen molar-refractivity contribution in [1.29, 1.82) is 0 Å². The molecule has 2 N–H and O–H groups in total. The number of rotatable bonds is 5. The van der Waals surface area contributed by atoms with Gasteiger partial charge in [0, 0.05) is 4.88 Å². The number of nitrogens with one attached hydrogen (secondary N) is 1. The number of hydrogen-bond donors (Lipinski definition) is 2. The van der Waals surface area contributed by atoms with Gasteiger partial charge >= 0.3 is 5.97 Å². The van der Waals surface area contributed by atoms with E-state index in [1.54, 1.807) is 12.1 Å². The highest BCUT2D eigenvalue weighted by Crippen LogP contribution is 2.32. The lowest BCUT2D eigenvalue weighted by Gasteiger charge is -2.13. The zero-order chi connectivity index (χ0) is 18.7. The van der Waals surface area contributed by atoms with Crippen LogP contribution in [0.4, 0.5) is 10.5 Å². The maximum Gasteiger partial charge on any atom is 0.337 e. The van der Waals surface area contributed by atoms with Gasteiger partial charge in [0.05, 0.1) is 16.2 Å². The Morgan fingerprint density at radius 3 is 2.62 bits per heavy atom. The third-order valence-corrected chi connectivity index (χ3v) is 5.15. The second kappa shape index (κ2) is 7.54. The minimum absolute atomic E-state index is 0.0763. The molecule has 26 heavy (non-hydrogen) atoms. The molecule has 2 heterocycles. The topological polar surface area (TPSA) is 104 Å². The number of carbonyl (C=O) groups excluding carboxylic acids is 3. The van der Waals surface area contributed by atoms with E-state index in [1.165, 1.54) is 29.5 Å². The molecular formula is C17H12N2O5S2.